The number of hydrogen-bond donors (Lipinski definition) is 0. The average Bonchev–Trinajstić information content (AvgIpc) is 3.03. The number of halogens is 1. The summed E-state index contributed by atoms with van der Waals surface area (Å²) in [6, 6.07) is 13.1. The molecule has 1 amide bonds. The van der Waals surface area contributed by atoms with Crippen LogP contribution in [0.25, 0.3) is 5.65 Å². The number of imidazole rings is 1. The first-order valence-electron chi connectivity index (χ1n) is 8.13. The Balaban J connectivity index is 1.54. The van der Waals surface area contributed by atoms with Crippen molar-refractivity contribution in [2.24, 2.45) is 0 Å². The molecule has 0 N–H and O–H groups in total. The monoisotopic (exact) mass is 357 g/mol. The number of rotatable bonds is 6. The Morgan fingerprint density at radius 3 is 2.84 bits per heavy atom. The van der Waals surface area contributed by atoms with Gasteiger partial charge in [0.1, 0.15) is 17.1 Å². The van der Waals surface area contributed by atoms with Gasteiger partial charge in [-0.3, -0.25) is 4.79 Å². The van der Waals surface area contributed by atoms with Crippen molar-refractivity contribution in [3.63, 3.8) is 0 Å². The van der Waals surface area contributed by atoms with E-state index in [0.717, 1.165) is 23.5 Å². The summed E-state index contributed by atoms with van der Waals surface area (Å²) in [5, 5.41) is 0.645. The molecule has 3 aromatic rings. The minimum absolute atomic E-state index is 0.0918. The SMILES string of the molecule is Cc1cccc2nc(C(=O)N(C)CCCOc3cccc(Cl)c3)cn12. The number of carbonyl (C=O) groups is 1. The van der Waals surface area contributed by atoms with Crippen LogP contribution in [0, 0.1) is 6.92 Å². The molecular weight excluding hydrogens is 338 g/mol. The highest BCUT2D eigenvalue weighted by Crippen LogP contribution is 2.17. The van der Waals surface area contributed by atoms with Crippen molar-refractivity contribution in [1.82, 2.24) is 14.3 Å². The van der Waals surface area contributed by atoms with Gasteiger partial charge in [0.15, 0.2) is 0 Å². The van der Waals surface area contributed by atoms with Gasteiger partial charge in [-0.1, -0.05) is 23.7 Å². The van der Waals surface area contributed by atoms with E-state index in [9.17, 15) is 4.79 Å². The second kappa shape index (κ2) is 7.57. The van der Waals surface area contributed by atoms with Crippen LogP contribution in [0.2, 0.25) is 5.02 Å². The Bertz CT molecular complexity index is 891. The molecule has 3 rings (SSSR count). The number of nitrogens with zero attached hydrogens (tertiary/aromatic N) is 3. The van der Waals surface area contributed by atoms with Crippen LogP contribution >= 0.6 is 11.6 Å². The minimum atomic E-state index is -0.0918. The molecule has 2 aromatic heterocycles. The lowest BCUT2D eigenvalue weighted by atomic mass is 10.3. The first-order valence-corrected chi connectivity index (χ1v) is 8.51. The maximum atomic E-state index is 12.5. The molecule has 1 aromatic carbocycles. The van der Waals surface area contributed by atoms with Crippen LogP contribution in [0.5, 0.6) is 5.75 Å². The molecule has 0 aliphatic heterocycles. The summed E-state index contributed by atoms with van der Waals surface area (Å²) < 4.78 is 7.56. The summed E-state index contributed by atoms with van der Waals surface area (Å²) in [7, 11) is 1.78. The van der Waals surface area contributed by atoms with E-state index in [-0.39, 0.29) is 5.91 Å². The van der Waals surface area contributed by atoms with Gasteiger partial charge in [0, 0.05) is 30.5 Å². The molecule has 0 saturated carbocycles. The van der Waals surface area contributed by atoms with E-state index in [1.165, 1.54) is 0 Å². The predicted octanol–water partition coefficient (Wildman–Crippen LogP) is 3.84. The molecular formula is C19H20ClN3O2. The normalized spacial score (nSPS) is 10.8. The van der Waals surface area contributed by atoms with Crippen molar-refractivity contribution in [3.8, 4) is 5.75 Å². The van der Waals surface area contributed by atoms with E-state index in [1.54, 1.807) is 30.3 Å². The number of aromatic nitrogens is 2. The van der Waals surface area contributed by atoms with Gasteiger partial charge in [-0.2, -0.15) is 0 Å². The first-order chi connectivity index (χ1) is 12.0. The fourth-order valence-corrected chi connectivity index (χ4v) is 2.78. The fraction of sp³-hybridized carbons (Fsp3) is 0.263. The second-order valence-electron chi connectivity index (χ2n) is 5.91. The highest BCUT2D eigenvalue weighted by molar-refractivity contribution is 6.30. The van der Waals surface area contributed by atoms with E-state index >= 15 is 0 Å². The molecule has 0 aliphatic rings. The molecule has 25 heavy (non-hydrogen) atoms. The third kappa shape index (κ3) is 4.12. The number of hydrogen-bond acceptors (Lipinski definition) is 3. The number of amides is 1. The average molecular weight is 358 g/mol. The second-order valence-corrected chi connectivity index (χ2v) is 6.34. The molecule has 0 saturated heterocycles. The Morgan fingerprint density at radius 1 is 1.28 bits per heavy atom. The molecule has 0 atom stereocenters. The Hall–Kier alpha value is -2.53. The van der Waals surface area contributed by atoms with Gasteiger partial charge in [-0.25, -0.2) is 4.98 Å². The van der Waals surface area contributed by atoms with Crippen molar-refractivity contribution in [3.05, 3.63) is 65.1 Å². The Labute approximate surface area is 151 Å². The van der Waals surface area contributed by atoms with E-state index in [2.05, 4.69) is 4.98 Å². The summed E-state index contributed by atoms with van der Waals surface area (Å²) in [4.78, 5) is 18.6. The van der Waals surface area contributed by atoms with Crippen LogP contribution in [0.3, 0.4) is 0 Å². The molecule has 0 fully saturated rings. The van der Waals surface area contributed by atoms with E-state index in [0.29, 0.717) is 23.9 Å². The quantitative estimate of drug-likeness (QED) is 0.630. The van der Waals surface area contributed by atoms with Gasteiger partial charge in [0.25, 0.3) is 5.91 Å². The number of pyridine rings is 1. The van der Waals surface area contributed by atoms with E-state index in [4.69, 9.17) is 16.3 Å². The smallest absolute Gasteiger partial charge is 0.273 e. The number of carbonyl (C=O) groups excluding carboxylic acids is 1. The lowest BCUT2D eigenvalue weighted by molar-refractivity contribution is 0.0783. The highest BCUT2D eigenvalue weighted by Gasteiger charge is 2.15. The Morgan fingerprint density at radius 2 is 2.08 bits per heavy atom. The lowest BCUT2D eigenvalue weighted by Crippen LogP contribution is -2.28. The van der Waals surface area contributed by atoms with Crippen LogP contribution in [0.15, 0.2) is 48.7 Å². The molecule has 2 heterocycles. The fourth-order valence-electron chi connectivity index (χ4n) is 2.60. The molecule has 0 radical (unpaired) electrons. The number of aryl methyl sites for hydroxylation is 1. The van der Waals surface area contributed by atoms with Crippen LogP contribution in [0.1, 0.15) is 22.6 Å². The van der Waals surface area contributed by atoms with Gasteiger partial charge >= 0.3 is 0 Å². The largest absolute Gasteiger partial charge is 0.493 e. The van der Waals surface area contributed by atoms with Gasteiger partial charge in [0.05, 0.1) is 6.61 Å². The number of benzene rings is 1. The minimum Gasteiger partial charge on any atom is -0.493 e. The van der Waals surface area contributed by atoms with Crippen molar-refractivity contribution >= 4 is 23.2 Å². The molecule has 0 bridgehead atoms. The molecule has 0 aliphatic carbocycles. The van der Waals surface area contributed by atoms with Crippen LogP contribution in [0.4, 0.5) is 0 Å². The van der Waals surface area contributed by atoms with Crippen molar-refractivity contribution in [1.29, 1.82) is 0 Å². The van der Waals surface area contributed by atoms with E-state index in [1.807, 2.05) is 41.7 Å². The molecule has 0 unspecified atom stereocenters. The van der Waals surface area contributed by atoms with Gasteiger partial charge in [-0.15, -0.1) is 0 Å². The standard InChI is InChI=1S/C19H20ClN3O2/c1-14-6-3-9-18-21-17(13-23(14)18)19(24)22(2)10-5-11-25-16-8-4-7-15(20)12-16/h3-4,6-9,12-13H,5,10-11H2,1-2H3. The predicted molar refractivity (Wildman–Crippen MR) is 98.5 cm³/mol. The van der Waals surface area contributed by atoms with Crippen molar-refractivity contribution in [2.45, 2.75) is 13.3 Å². The maximum absolute atomic E-state index is 12.5. The summed E-state index contributed by atoms with van der Waals surface area (Å²) in [5.74, 6) is 0.642. The van der Waals surface area contributed by atoms with Gasteiger partial charge in [-0.05, 0) is 43.7 Å². The van der Waals surface area contributed by atoms with Crippen molar-refractivity contribution < 1.29 is 9.53 Å². The third-order valence-electron chi connectivity index (χ3n) is 3.96. The van der Waals surface area contributed by atoms with Gasteiger partial charge in [0.2, 0.25) is 0 Å². The number of ether oxygens (including phenoxy) is 1. The zero-order valence-electron chi connectivity index (χ0n) is 14.3. The molecule has 130 valence electrons. The topological polar surface area (TPSA) is 46.8 Å². The number of fused-ring (bicyclic) bond motifs is 1. The van der Waals surface area contributed by atoms with Crippen LogP contribution in [-0.4, -0.2) is 40.4 Å². The summed E-state index contributed by atoms with van der Waals surface area (Å²) in [6.45, 7) is 3.09. The first kappa shape index (κ1) is 17.3. The van der Waals surface area contributed by atoms with Crippen LogP contribution in [-0.2, 0) is 0 Å². The van der Waals surface area contributed by atoms with Crippen LogP contribution < -0.4 is 4.74 Å². The van der Waals surface area contributed by atoms with Gasteiger partial charge < -0.3 is 14.0 Å². The maximum Gasteiger partial charge on any atom is 0.273 e. The zero-order chi connectivity index (χ0) is 17.8. The Kier molecular flexibility index (Phi) is 5.24. The summed E-state index contributed by atoms with van der Waals surface area (Å²) in [6.07, 6.45) is 2.51. The third-order valence-corrected chi connectivity index (χ3v) is 4.20. The lowest BCUT2D eigenvalue weighted by Gasteiger charge is -2.16. The van der Waals surface area contributed by atoms with E-state index < -0.39 is 0 Å². The summed E-state index contributed by atoms with van der Waals surface area (Å²) in [5.41, 5.74) is 2.27. The highest BCUT2D eigenvalue weighted by atomic mass is 35.5. The zero-order valence-corrected chi connectivity index (χ0v) is 15.0. The molecule has 6 heteroatoms. The molecule has 5 nitrogen and oxygen atoms in total. The van der Waals surface area contributed by atoms with Crippen molar-refractivity contribution in [2.75, 3.05) is 20.2 Å². The molecule has 0 spiro atoms. The summed E-state index contributed by atoms with van der Waals surface area (Å²) >= 11 is 5.92.